The van der Waals surface area contributed by atoms with Gasteiger partial charge >= 0.3 is 0 Å². The summed E-state index contributed by atoms with van der Waals surface area (Å²) in [6.45, 7) is 4.37. The Kier molecular flexibility index (Phi) is 5.96. The Bertz CT molecular complexity index is 816. The Balaban J connectivity index is 1.61. The molecule has 140 valence electrons. The predicted molar refractivity (Wildman–Crippen MR) is 105 cm³/mol. The van der Waals surface area contributed by atoms with Crippen LogP contribution < -0.4 is 5.32 Å². The molecule has 1 atom stereocenters. The lowest BCUT2D eigenvalue weighted by atomic mass is 10.1. The fourth-order valence-electron chi connectivity index (χ4n) is 3.08. The van der Waals surface area contributed by atoms with Crippen molar-refractivity contribution in [3.63, 3.8) is 0 Å². The van der Waals surface area contributed by atoms with E-state index in [9.17, 15) is 9.59 Å². The van der Waals surface area contributed by atoms with Crippen LogP contribution in [0.25, 0.3) is 0 Å². The summed E-state index contributed by atoms with van der Waals surface area (Å²) in [6.07, 6.45) is 1.56. The van der Waals surface area contributed by atoms with Crippen molar-refractivity contribution in [1.29, 1.82) is 0 Å². The Morgan fingerprint density at radius 2 is 1.63 bits per heavy atom. The number of benzene rings is 2. The number of nitrogens with one attached hydrogen (secondary N) is 1. The number of carbonyl (C=O) groups is 2. The summed E-state index contributed by atoms with van der Waals surface area (Å²) in [5.74, 6) is -0.211. The molecule has 1 aliphatic heterocycles. The van der Waals surface area contributed by atoms with Crippen molar-refractivity contribution in [2.75, 3.05) is 11.9 Å². The normalized spacial score (nSPS) is 16.9. The van der Waals surface area contributed by atoms with Crippen molar-refractivity contribution in [2.24, 2.45) is 16.1 Å². The number of amides is 2. The van der Waals surface area contributed by atoms with Crippen LogP contribution in [0, 0.1) is 5.92 Å². The van der Waals surface area contributed by atoms with E-state index in [4.69, 9.17) is 0 Å². The van der Waals surface area contributed by atoms with Crippen molar-refractivity contribution in [3.05, 3.63) is 54.6 Å². The smallest absolute Gasteiger partial charge is 0.247 e. The summed E-state index contributed by atoms with van der Waals surface area (Å²) in [4.78, 5) is 26.6. The molecule has 0 aliphatic carbocycles. The van der Waals surface area contributed by atoms with Crippen LogP contribution in [0.15, 0.2) is 64.8 Å². The average Bonchev–Trinajstić information content (AvgIpc) is 3.17. The van der Waals surface area contributed by atoms with Crippen molar-refractivity contribution in [2.45, 2.75) is 32.7 Å². The third-order valence-electron chi connectivity index (χ3n) is 4.50. The molecule has 0 spiro atoms. The number of nitrogens with zero attached hydrogens (tertiary/aromatic N) is 3. The maximum Gasteiger partial charge on any atom is 0.247 e. The largest absolute Gasteiger partial charge is 0.330 e. The van der Waals surface area contributed by atoms with E-state index in [1.54, 1.807) is 29.2 Å². The average molecular weight is 364 g/mol. The van der Waals surface area contributed by atoms with Gasteiger partial charge in [0.1, 0.15) is 6.04 Å². The topological polar surface area (TPSA) is 74.1 Å². The van der Waals surface area contributed by atoms with Gasteiger partial charge in [0.2, 0.25) is 11.8 Å². The summed E-state index contributed by atoms with van der Waals surface area (Å²) in [5, 5.41) is 11.3. The summed E-state index contributed by atoms with van der Waals surface area (Å²) < 4.78 is 0. The van der Waals surface area contributed by atoms with E-state index in [0.29, 0.717) is 24.3 Å². The number of rotatable bonds is 5. The molecule has 0 radical (unpaired) electrons. The SMILES string of the molecule is CC(C)C(=O)N1CCCC1C(=O)Nc1ccc(N=Nc2ccccc2)cc1. The molecule has 1 unspecified atom stereocenters. The van der Waals surface area contributed by atoms with Crippen LogP contribution in [0.5, 0.6) is 0 Å². The van der Waals surface area contributed by atoms with Gasteiger partial charge in [-0.2, -0.15) is 10.2 Å². The molecule has 0 saturated carbocycles. The first-order chi connectivity index (χ1) is 13.0. The Morgan fingerprint density at radius 3 is 2.26 bits per heavy atom. The summed E-state index contributed by atoms with van der Waals surface area (Å²) >= 11 is 0. The number of likely N-dealkylation sites (tertiary alicyclic amines) is 1. The molecule has 0 bridgehead atoms. The maximum atomic E-state index is 12.6. The molecule has 27 heavy (non-hydrogen) atoms. The Hall–Kier alpha value is -3.02. The summed E-state index contributed by atoms with van der Waals surface area (Å²) in [7, 11) is 0. The van der Waals surface area contributed by atoms with Crippen molar-refractivity contribution >= 4 is 28.9 Å². The van der Waals surface area contributed by atoms with Gasteiger partial charge in [-0.05, 0) is 49.2 Å². The summed E-state index contributed by atoms with van der Waals surface area (Å²) in [5.41, 5.74) is 2.17. The van der Waals surface area contributed by atoms with E-state index in [-0.39, 0.29) is 17.7 Å². The standard InChI is InChI=1S/C21H24N4O2/c1-15(2)21(27)25-14-6-9-19(25)20(26)22-16-10-12-18(13-11-16)24-23-17-7-4-3-5-8-17/h3-5,7-8,10-13,15,19H,6,9,14H2,1-2H3,(H,22,26). The zero-order valence-electron chi connectivity index (χ0n) is 15.6. The van der Waals surface area contributed by atoms with Crippen LogP contribution >= 0.6 is 0 Å². The first-order valence-corrected chi connectivity index (χ1v) is 9.23. The zero-order valence-corrected chi connectivity index (χ0v) is 15.6. The molecular weight excluding hydrogens is 340 g/mol. The van der Waals surface area contributed by atoms with Gasteiger partial charge in [-0.3, -0.25) is 9.59 Å². The Labute approximate surface area is 159 Å². The van der Waals surface area contributed by atoms with E-state index in [0.717, 1.165) is 12.1 Å². The number of azo groups is 1. The molecule has 0 aromatic heterocycles. The second-order valence-electron chi connectivity index (χ2n) is 6.92. The van der Waals surface area contributed by atoms with Gasteiger partial charge in [-0.15, -0.1) is 0 Å². The maximum absolute atomic E-state index is 12.6. The first kappa shape index (κ1) is 18.8. The molecule has 6 nitrogen and oxygen atoms in total. The van der Waals surface area contributed by atoms with Crippen molar-refractivity contribution in [3.8, 4) is 0 Å². The summed E-state index contributed by atoms with van der Waals surface area (Å²) in [6, 6.07) is 16.3. The number of anilines is 1. The third-order valence-corrected chi connectivity index (χ3v) is 4.50. The van der Waals surface area contributed by atoms with Crippen LogP contribution in [-0.4, -0.2) is 29.3 Å². The molecule has 1 fully saturated rings. The number of carbonyl (C=O) groups excluding carboxylic acids is 2. The van der Waals surface area contributed by atoms with Crippen LogP contribution in [0.2, 0.25) is 0 Å². The highest BCUT2D eigenvalue weighted by Gasteiger charge is 2.34. The molecule has 6 heteroatoms. The lowest BCUT2D eigenvalue weighted by Gasteiger charge is -2.25. The lowest BCUT2D eigenvalue weighted by molar-refractivity contribution is -0.139. The van der Waals surface area contributed by atoms with Gasteiger partial charge in [-0.25, -0.2) is 0 Å². The zero-order chi connectivity index (χ0) is 19.2. The quantitative estimate of drug-likeness (QED) is 0.782. The predicted octanol–water partition coefficient (Wildman–Crippen LogP) is 4.69. The van der Waals surface area contributed by atoms with Crippen LogP contribution in [-0.2, 0) is 9.59 Å². The molecule has 2 aromatic rings. The minimum Gasteiger partial charge on any atom is -0.330 e. The molecular formula is C21H24N4O2. The second kappa shape index (κ2) is 8.58. The second-order valence-corrected chi connectivity index (χ2v) is 6.92. The lowest BCUT2D eigenvalue weighted by Crippen LogP contribution is -2.44. The van der Waals surface area contributed by atoms with E-state index in [2.05, 4.69) is 15.5 Å². The number of hydrogen-bond acceptors (Lipinski definition) is 4. The molecule has 1 heterocycles. The molecule has 2 amide bonds. The van der Waals surface area contributed by atoms with Gasteiger partial charge in [0.25, 0.3) is 0 Å². The molecule has 2 aromatic carbocycles. The van der Waals surface area contributed by atoms with Crippen molar-refractivity contribution in [1.82, 2.24) is 4.90 Å². The van der Waals surface area contributed by atoms with Gasteiger partial charge in [-0.1, -0.05) is 32.0 Å². The van der Waals surface area contributed by atoms with E-state index in [1.807, 2.05) is 44.2 Å². The van der Waals surface area contributed by atoms with Gasteiger partial charge in [0, 0.05) is 18.2 Å². The highest BCUT2D eigenvalue weighted by Crippen LogP contribution is 2.23. The molecule has 1 saturated heterocycles. The molecule has 1 N–H and O–H groups in total. The first-order valence-electron chi connectivity index (χ1n) is 9.23. The van der Waals surface area contributed by atoms with Crippen LogP contribution in [0.1, 0.15) is 26.7 Å². The monoisotopic (exact) mass is 364 g/mol. The highest BCUT2D eigenvalue weighted by molar-refractivity contribution is 5.97. The van der Waals surface area contributed by atoms with Crippen LogP contribution in [0.4, 0.5) is 17.1 Å². The fourth-order valence-corrected chi connectivity index (χ4v) is 3.08. The minimum absolute atomic E-state index is 0.0318. The number of hydrogen-bond donors (Lipinski definition) is 1. The van der Waals surface area contributed by atoms with Gasteiger partial charge < -0.3 is 10.2 Å². The third kappa shape index (κ3) is 4.78. The van der Waals surface area contributed by atoms with Gasteiger partial charge in [0.05, 0.1) is 11.4 Å². The molecule has 3 rings (SSSR count). The van der Waals surface area contributed by atoms with Gasteiger partial charge in [0.15, 0.2) is 0 Å². The fraction of sp³-hybridized carbons (Fsp3) is 0.333. The van der Waals surface area contributed by atoms with Crippen molar-refractivity contribution < 1.29 is 9.59 Å². The Morgan fingerprint density at radius 1 is 1.00 bits per heavy atom. The van der Waals surface area contributed by atoms with Crippen LogP contribution in [0.3, 0.4) is 0 Å². The minimum atomic E-state index is -0.391. The highest BCUT2D eigenvalue weighted by atomic mass is 16.2. The van der Waals surface area contributed by atoms with E-state index < -0.39 is 6.04 Å². The van der Waals surface area contributed by atoms with E-state index in [1.165, 1.54) is 0 Å². The molecule has 1 aliphatic rings. The van der Waals surface area contributed by atoms with E-state index >= 15 is 0 Å².